The molecule has 0 aromatic carbocycles. The van der Waals surface area contributed by atoms with Gasteiger partial charge in [-0.2, -0.15) is 0 Å². The SMILES string of the molecule is C[C@@H]1CCC2CCC2C1. The average molecular weight is 124 g/mol. The van der Waals surface area contributed by atoms with Gasteiger partial charge in [-0.1, -0.05) is 13.3 Å². The van der Waals surface area contributed by atoms with Gasteiger partial charge in [0.05, 0.1) is 0 Å². The molecular formula is C9H16. The average Bonchev–Trinajstić information content (AvgIpc) is 1.78. The minimum atomic E-state index is 1.05. The summed E-state index contributed by atoms with van der Waals surface area (Å²) < 4.78 is 0. The summed E-state index contributed by atoms with van der Waals surface area (Å²) in [6, 6.07) is 0. The van der Waals surface area contributed by atoms with Crippen LogP contribution in [0, 0.1) is 17.8 Å². The van der Waals surface area contributed by atoms with Crippen molar-refractivity contribution in [2.24, 2.45) is 17.8 Å². The number of hydrogen-bond acceptors (Lipinski definition) is 0. The molecule has 0 radical (unpaired) electrons. The van der Waals surface area contributed by atoms with Crippen molar-refractivity contribution < 1.29 is 0 Å². The van der Waals surface area contributed by atoms with Crippen molar-refractivity contribution in [1.29, 1.82) is 0 Å². The Morgan fingerprint density at radius 2 is 1.56 bits per heavy atom. The highest BCUT2D eigenvalue weighted by Gasteiger charge is 2.34. The van der Waals surface area contributed by atoms with E-state index in [2.05, 4.69) is 6.92 Å². The summed E-state index contributed by atoms with van der Waals surface area (Å²) in [5.74, 6) is 3.38. The Hall–Kier alpha value is 0. The highest BCUT2D eigenvalue weighted by molar-refractivity contribution is 4.85. The zero-order valence-corrected chi connectivity index (χ0v) is 6.27. The molecule has 9 heavy (non-hydrogen) atoms. The van der Waals surface area contributed by atoms with E-state index in [4.69, 9.17) is 0 Å². The van der Waals surface area contributed by atoms with E-state index in [1.807, 2.05) is 0 Å². The Morgan fingerprint density at radius 3 is 2.00 bits per heavy atom. The van der Waals surface area contributed by atoms with E-state index in [0.717, 1.165) is 11.8 Å². The van der Waals surface area contributed by atoms with Gasteiger partial charge in [-0.15, -0.1) is 0 Å². The Kier molecular flexibility index (Phi) is 1.28. The molecule has 0 saturated heterocycles. The first-order valence-electron chi connectivity index (χ1n) is 4.36. The maximum Gasteiger partial charge on any atom is -0.0383 e. The van der Waals surface area contributed by atoms with Crippen LogP contribution in [0.1, 0.15) is 39.0 Å². The fourth-order valence-corrected chi connectivity index (χ4v) is 2.46. The molecule has 2 aliphatic rings. The van der Waals surface area contributed by atoms with E-state index in [-0.39, 0.29) is 0 Å². The second kappa shape index (κ2) is 2.00. The van der Waals surface area contributed by atoms with E-state index in [9.17, 15) is 0 Å². The minimum absolute atomic E-state index is 1.05. The second-order valence-electron chi connectivity index (χ2n) is 4.02. The van der Waals surface area contributed by atoms with Crippen LogP contribution >= 0.6 is 0 Å². The maximum absolute atomic E-state index is 2.41. The number of fused-ring (bicyclic) bond motifs is 1. The largest absolute Gasteiger partial charge is 0.0625 e. The molecule has 0 nitrogen and oxygen atoms in total. The Labute approximate surface area is 57.6 Å². The van der Waals surface area contributed by atoms with Gasteiger partial charge in [0.15, 0.2) is 0 Å². The highest BCUT2D eigenvalue weighted by Crippen LogP contribution is 2.46. The minimum Gasteiger partial charge on any atom is -0.0625 e. The summed E-state index contributed by atoms with van der Waals surface area (Å²) in [4.78, 5) is 0. The Morgan fingerprint density at radius 1 is 0.889 bits per heavy atom. The van der Waals surface area contributed by atoms with Crippen molar-refractivity contribution in [2.45, 2.75) is 39.0 Å². The molecule has 2 saturated carbocycles. The molecule has 0 heteroatoms. The molecule has 3 atom stereocenters. The molecule has 2 unspecified atom stereocenters. The standard InChI is InChI=1S/C9H16/c1-7-2-3-8-4-5-9(8)6-7/h7-9H,2-6H2,1H3/t7-,8?,9?/m1/s1. The zero-order valence-electron chi connectivity index (χ0n) is 6.27. The summed E-state index contributed by atoms with van der Waals surface area (Å²) in [5.41, 5.74) is 0. The third kappa shape index (κ3) is 0.889. The molecule has 0 bridgehead atoms. The van der Waals surface area contributed by atoms with Crippen LogP contribution in [0.2, 0.25) is 0 Å². The van der Waals surface area contributed by atoms with Gasteiger partial charge in [-0.25, -0.2) is 0 Å². The molecule has 0 aromatic rings. The quantitative estimate of drug-likeness (QED) is 0.466. The van der Waals surface area contributed by atoms with Crippen LogP contribution in [0.4, 0.5) is 0 Å². The van der Waals surface area contributed by atoms with Gasteiger partial charge in [0.1, 0.15) is 0 Å². The molecule has 2 rings (SSSR count). The second-order valence-corrected chi connectivity index (χ2v) is 4.02. The van der Waals surface area contributed by atoms with E-state index in [1.165, 1.54) is 12.3 Å². The molecule has 0 amide bonds. The lowest BCUT2D eigenvalue weighted by atomic mass is 9.63. The Balaban J connectivity index is 1.92. The van der Waals surface area contributed by atoms with E-state index in [0.29, 0.717) is 0 Å². The molecular weight excluding hydrogens is 108 g/mol. The molecule has 0 N–H and O–H groups in total. The normalized spacial score (nSPS) is 49.7. The predicted octanol–water partition coefficient (Wildman–Crippen LogP) is 2.83. The summed E-state index contributed by atoms with van der Waals surface area (Å²) in [5, 5.41) is 0. The van der Waals surface area contributed by atoms with Crippen LogP contribution in [0.3, 0.4) is 0 Å². The fraction of sp³-hybridized carbons (Fsp3) is 1.00. The van der Waals surface area contributed by atoms with Crippen LogP contribution in [-0.2, 0) is 0 Å². The molecule has 2 aliphatic carbocycles. The number of rotatable bonds is 0. The van der Waals surface area contributed by atoms with Crippen LogP contribution < -0.4 is 0 Å². The van der Waals surface area contributed by atoms with Gasteiger partial charge in [-0.3, -0.25) is 0 Å². The maximum atomic E-state index is 2.41. The lowest BCUT2D eigenvalue weighted by Gasteiger charge is -2.43. The van der Waals surface area contributed by atoms with Gasteiger partial charge in [-0.05, 0) is 43.4 Å². The monoisotopic (exact) mass is 124 g/mol. The summed E-state index contributed by atoms with van der Waals surface area (Å²) in [6.07, 6.45) is 7.71. The van der Waals surface area contributed by atoms with Gasteiger partial charge in [0, 0.05) is 0 Å². The Bertz CT molecular complexity index is 107. The van der Waals surface area contributed by atoms with E-state index in [1.54, 1.807) is 25.7 Å². The first-order valence-corrected chi connectivity index (χ1v) is 4.36. The van der Waals surface area contributed by atoms with Crippen molar-refractivity contribution in [3.63, 3.8) is 0 Å². The molecule has 2 fully saturated rings. The smallest absolute Gasteiger partial charge is 0.0383 e. The van der Waals surface area contributed by atoms with E-state index >= 15 is 0 Å². The highest BCUT2D eigenvalue weighted by atomic mass is 14.4. The zero-order chi connectivity index (χ0) is 6.27. The molecule has 52 valence electrons. The van der Waals surface area contributed by atoms with Crippen LogP contribution in [0.15, 0.2) is 0 Å². The molecule has 0 aromatic heterocycles. The van der Waals surface area contributed by atoms with Crippen molar-refractivity contribution in [3.8, 4) is 0 Å². The molecule has 0 aliphatic heterocycles. The third-order valence-electron chi connectivity index (χ3n) is 3.31. The predicted molar refractivity (Wildman–Crippen MR) is 39.2 cm³/mol. The van der Waals surface area contributed by atoms with Crippen LogP contribution in [0.25, 0.3) is 0 Å². The first kappa shape index (κ1) is 5.76. The van der Waals surface area contributed by atoms with Crippen LogP contribution in [0.5, 0.6) is 0 Å². The van der Waals surface area contributed by atoms with Crippen molar-refractivity contribution in [2.75, 3.05) is 0 Å². The molecule has 0 spiro atoms. The summed E-state index contributed by atoms with van der Waals surface area (Å²) >= 11 is 0. The van der Waals surface area contributed by atoms with Gasteiger partial charge >= 0.3 is 0 Å². The van der Waals surface area contributed by atoms with Crippen LogP contribution in [-0.4, -0.2) is 0 Å². The summed E-state index contributed by atoms with van der Waals surface area (Å²) in [6.45, 7) is 2.41. The van der Waals surface area contributed by atoms with Gasteiger partial charge in [0.2, 0.25) is 0 Å². The van der Waals surface area contributed by atoms with Gasteiger partial charge in [0.25, 0.3) is 0 Å². The fourth-order valence-electron chi connectivity index (χ4n) is 2.46. The first-order chi connectivity index (χ1) is 4.36. The number of hydrogen-bond donors (Lipinski definition) is 0. The lowest BCUT2D eigenvalue weighted by Crippen LogP contribution is -2.31. The van der Waals surface area contributed by atoms with Crippen molar-refractivity contribution >= 4 is 0 Å². The van der Waals surface area contributed by atoms with Crippen molar-refractivity contribution in [1.82, 2.24) is 0 Å². The van der Waals surface area contributed by atoms with Gasteiger partial charge < -0.3 is 0 Å². The lowest BCUT2D eigenvalue weighted by molar-refractivity contribution is 0.0857. The summed E-state index contributed by atoms with van der Waals surface area (Å²) in [7, 11) is 0. The van der Waals surface area contributed by atoms with Crippen molar-refractivity contribution in [3.05, 3.63) is 0 Å². The topological polar surface area (TPSA) is 0 Å². The third-order valence-corrected chi connectivity index (χ3v) is 3.31. The van der Waals surface area contributed by atoms with E-state index < -0.39 is 0 Å². The molecule has 0 heterocycles.